The highest BCUT2D eigenvalue weighted by Gasteiger charge is 2.25. The molecule has 2 nitrogen and oxygen atoms in total. The molecule has 4 rings (SSSR count). The van der Waals surface area contributed by atoms with Gasteiger partial charge in [0.1, 0.15) is 11.5 Å². The topological polar surface area (TPSA) is 30.2 Å². The van der Waals surface area contributed by atoms with Crippen molar-refractivity contribution in [2.75, 3.05) is 0 Å². The lowest BCUT2D eigenvalue weighted by Crippen LogP contribution is -1.93. The van der Waals surface area contributed by atoms with E-state index in [2.05, 4.69) is 0 Å². The zero-order valence-electron chi connectivity index (χ0n) is 12.3. The molecule has 0 radical (unpaired) electrons. The molecule has 118 valence electrons. The fourth-order valence-electron chi connectivity index (χ4n) is 2.55. The molecule has 5 heteroatoms. The summed E-state index contributed by atoms with van der Waals surface area (Å²) in [6, 6.07) is 16.5. The predicted molar refractivity (Wildman–Crippen MR) is 98.8 cm³/mol. The van der Waals surface area contributed by atoms with E-state index in [4.69, 9.17) is 27.6 Å². The summed E-state index contributed by atoms with van der Waals surface area (Å²) in [6.45, 7) is 0. The fourth-order valence-corrected chi connectivity index (χ4v) is 4.10. The molecule has 0 bridgehead atoms. The second kappa shape index (κ2) is 6.17. The number of rotatable bonds is 2. The third-order valence-electron chi connectivity index (χ3n) is 3.62. The van der Waals surface area contributed by atoms with E-state index in [9.17, 15) is 4.79 Å². The molecule has 0 fully saturated rings. The highest BCUT2D eigenvalue weighted by Crippen LogP contribution is 2.41. The van der Waals surface area contributed by atoms with E-state index in [1.807, 2.05) is 36.4 Å². The number of thioether (sulfide) groups is 1. The molecule has 1 aliphatic rings. The Morgan fingerprint density at radius 3 is 2.46 bits per heavy atom. The molecule has 0 saturated heterocycles. The normalized spacial score (nSPS) is 15.1. The van der Waals surface area contributed by atoms with Gasteiger partial charge in [-0.25, -0.2) is 0 Å². The number of Topliss-reactive ketones (excluding diaryl/α,β-unsaturated/α-hetero) is 1. The van der Waals surface area contributed by atoms with Gasteiger partial charge < -0.3 is 4.42 Å². The number of fused-ring (bicyclic) bond motifs is 1. The molecule has 3 aromatic rings. The summed E-state index contributed by atoms with van der Waals surface area (Å²) in [7, 11) is 0. The lowest BCUT2D eigenvalue weighted by Gasteiger charge is -1.99. The number of furan rings is 1. The van der Waals surface area contributed by atoms with Crippen molar-refractivity contribution in [3.63, 3.8) is 0 Å². The van der Waals surface area contributed by atoms with Gasteiger partial charge in [-0.3, -0.25) is 4.79 Å². The van der Waals surface area contributed by atoms with Crippen LogP contribution in [0.5, 0.6) is 0 Å². The van der Waals surface area contributed by atoms with Crippen molar-refractivity contribution < 1.29 is 9.21 Å². The lowest BCUT2D eigenvalue weighted by atomic mass is 10.1. The number of carbonyl (C=O) groups is 1. The molecule has 0 atom stereocenters. The van der Waals surface area contributed by atoms with Crippen LogP contribution in [0.3, 0.4) is 0 Å². The van der Waals surface area contributed by atoms with Gasteiger partial charge in [0.15, 0.2) is 0 Å². The summed E-state index contributed by atoms with van der Waals surface area (Å²) in [5, 5.41) is 1.09. The fraction of sp³-hybridized carbons (Fsp3) is 0. The van der Waals surface area contributed by atoms with E-state index in [0.29, 0.717) is 26.5 Å². The maximum atomic E-state index is 12.4. The molecule has 2 aromatic carbocycles. The second-order valence-corrected chi connectivity index (χ2v) is 7.25. The standard InChI is InChI=1S/C19H10Cl2O2S/c20-12-7-11(8-13(21)9-12)16-6-5-14(23-16)10-18-19(22)15-3-1-2-4-17(15)24-18/h1-10H. The molecule has 1 aromatic heterocycles. The van der Waals surface area contributed by atoms with Gasteiger partial charge in [-0.1, -0.05) is 47.1 Å². The van der Waals surface area contributed by atoms with Crippen molar-refractivity contribution >= 4 is 46.8 Å². The average Bonchev–Trinajstić information content (AvgIpc) is 3.13. The van der Waals surface area contributed by atoms with Crippen molar-refractivity contribution in [1.29, 1.82) is 0 Å². The van der Waals surface area contributed by atoms with Crippen LogP contribution in [0.25, 0.3) is 17.4 Å². The quantitative estimate of drug-likeness (QED) is 0.475. The minimum atomic E-state index is 0.0272. The summed E-state index contributed by atoms with van der Waals surface area (Å²) < 4.78 is 5.83. The second-order valence-electron chi connectivity index (χ2n) is 5.30. The lowest BCUT2D eigenvalue weighted by molar-refractivity contribution is 0.104. The maximum Gasteiger partial charge on any atom is 0.200 e. The molecule has 0 N–H and O–H groups in total. The first kappa shape index (κ1) is 15.6. The molecule has 0 spiro atoms. The Kier molecular flexibility index (Phi) is 4.01. The highest BCUT2D eigenvalue weighted by atomic mass is 35.5. The highest BCUT2D eigenvalue weighted by molar-refractivity contribution is 8.04. The molecule has 2 heterocycles. The maximum absolute atomic E-state index is 12.4. The van der Waals surface area contributed by atoms with E-state index < -0.39 is 0 Å². The summed E-state index contributed by atoms with van der Waals surface area (Å²) >= 11 is 13.5. The van der Waals surface area contributed by atoms with Gasteiger partial charge in [0, 0.05) is 26.1 Å². The summed E-state index contributed by atoms with van der Waals surface area (Å²) in [5.41, 5.74) is 1.54. The minimum Gasteiger partial charge on any atom is -0.457 e. The summed E-state index contributed by atoms with van der Waals surface area (Å²) in [4.78, 5) is 14.0. The van der Waals surface area contributed by atoms with Gasteiger partial charge in [0.2, 0.25) is 5.78 Å². The van der Waals surface area contributed by atoms with Gasteiger partial charge in [-0.05, 0) is 48.5 Å². The van der Waals surface area contributed by atoms with Crippen molar-refractivity contribution in [1.82, 2.24) is 0 Å². The van der Waals surface area contributed by atoms with Crippen LogP contribution in [0.1, 0.15) is 16.1 Å². The first-order valence-corrected chi connectivity index (χ1v) is 8.77. The number of carbonyl (C=O) groups excluding carboxylic acids is 1. The van der Waals surface area contributed by atoms with E-state index in [-0.39, 0.29) is 5.78 Å². The third kappa shape index (κ3) is 2.91. The number of hydrogen-bond acceptors (Lipinski definition) is 3. The van der Waals surface area contributed by atoms with Crippen LogP contribution in [0.2, 0.25) is 10.0 Å². The molecule has 0 amide bonds. The first-order valence-electron chi connectivity index (χ1n) is 7.20. The molecular formula is C19H10Cl2O2S. The van der Waals surface area contributed by atoms with E-state index in [1.54, 1.807) is 24.3 Å². The van der Waals surface area contributed by atoms with Crippen molar-refractivity contribution in [3.8, 4) is 11.3 Å². The molecule has 24 heavy (non-hydrogen) atoms. The van der Waals surface area contributed by atoms with Crippen LogP contribution in [-0.4, -0.2) is 5.78 Å². The van der Waals surface area contributed by atoms with E-state index in [1.165, 1.54) is 11.8 Å². The van der Waals surface area contributed by atoms with Gasteiger partial charge >= 0.3 is 0 Å². The van der Waals surface area contributed by atoms with Crippen LogP contribution in [0.4, 0.5) is 0 Å². The molecule has 0 unspecified atom stereocenters. The van der Waals surface area contributed by atoms with Crippen LogP contribution in [0, 0.1) is 0 Å². The van der Waals surface area contributed by atoms with Gasteiger partial charge in [-0.2, -0.15) is 0 Å². The van der Waals surface area contributed by atoms with Crippen LogP contribution < -0.4 is 0 Å². The van der Waals surface area contributed by atoms with Gasteiger partial charge in [-0.15, -0.1) is 0 Å². The van der Waals surface area contributed by atoms with Gasteiger partial charge in [0.05, 0.1) is 4.91 Å². The number of ketones is 1. The Morgan fingerprint density at radius 1 is 0.958 bits per heavy atom. The first-order chi connectivity index (χ1) is 11.6. The Hall–Kier alpha value is -1.94. The number of allylic oxidation sites excluding steroid dienone is 1. The Morgan fingerprint density at radius 2 is 1.71 bits per heavy atom. The van der Waals surface area contributed by atoms with E-state index >= 15 is 0 Å². The summed E-state index contributed by atoms with van der Waals surface area (Å²) in [5.74, 6) is 1.29. The minimum absolute atomic E-state index is 0.0272. The molecule has 1 aliphatic heterocycles. The van der Waals surface area contributed by atoms with Crippen LogP contribution in [0.15, 0.2) is 68.8 Å². The molecular weight excluding hydrogens is 363 g/mol. The largest absolute Gasteiger partial charge is 0.457 e. The van der Waals surface area contributed by atoms with Crippen LogP contribution >= 0.6 is 35.0 Å². The predicted octanol–water partition coefficient (Wildman–Crippen LogP) is 6.58. The average molecular weight is 373 g/mol. The van der Waals surface area contributed by atoms with Crippen molar-refractivity contribution in [2.45, 2.75) is 4.90 Å². The summed E-state index contributed by atoms with van der Waals surface area (Å²) in [6.07, 6.45) is 1.77. The third-order valence-corrected chi connectivity index (χ3v) is 5.16. The number of hydrogen-bond donors (Lipinski definition) is 0. The van der Waals surface area contributed by atoms with Crippen molar-refractivity contribution in [3.05, 3.63) is 80.9 Å². The SMILES string of the molecule is O=C1C(=Cc2ccc(-c3cc(Cl)cc(Cl)c3)o2)Sc2ccccc21. The monoisotopic (exact) mass is 372 g/mol. The smallest absolute Gasteiger partial charge is 0.200 e. The number of halogens is 2. The van der Waals surface area contributed by atoms with Gasteiger partial charge in [0.25, 0.3) is 0 Å². The molecule has 0 saturated carbocycles. The zero-order valence-corrected chi connectivity index (χ0v) is 14.6. The van der Waals surface area contributed by atoms with E-state index in [0.717, 1.165) is 16.0 Å². The molecule has 0 aliphatic carbocycles. The zero-order chi connectivity index (χ0) is 16.7. The Bertz CT molecular complexity index is 968. The Balaban J connectivity index is 1.66. The number of benzene rings is 2. The Labute approximate surface area is 153 Å². The van der Waals surface area contributed by atoms with Crippen molar-refractivity contribution in [2.24, 2.45) is 0 Å². The van der Waals surface area contributed by atoms with Crippen LogP contribution in [-0.2, 0) is 0 Å².